The molecule has 0 fully saturated rings. The Morgan fingerprint density at radius 3 is 1.65 bits per heavy atom. The molecule has 0 spiro atoms. The van der Waals surface area contributed by atoms with Gasteiger partial charge in [0.25, 0.3) is 0 Å². The van der Waals surface area contributed by atoms with Crippen LogP contribution < -0.4 is 0 Å². The van der Waals surface area contributed by atoms with Crippen molar-refractivity contribution in [3.8, 4) is 0 Å². The van der Waals surface area contributed by atoms with Gasteiger partial charge in [0, 0.05) is 0 Å². The number of unbranched alkanes of at least 4 members (excludes halogenated alkanes) is 10. The lowest BCUT2D eigenvalue weighted by molar-refractivity contribution is 0.405. The van der Waals surface area contributed by atoms with Crippen LogP contribution in [0.5, 0.6) is 0 Å². The lowest BCUT2D eigenvalue weighted by atomic mass is 9.89. The molecule has 0 aromatic heterocycles. The molecule has 0 rings (SSSR count). The van der Waals surface area contributed by atoms with E-state index in [0.29, 0.717) is 0 Å². The van der Waals surface area contributed by atoms with Crippen LogP contribution in [0.3, 0.4) is 0 Å². The molecule has 0 aliphatic heterocycles. The van der Waals surface area contributed by atoms with E-state index in [0.717, 1.165) is 0 Å². The Balaban J connectivity index is 3.13. The Labute approximate surface area is 129 Å². The van der Waals surface area contributed by atoms with E-state index in [9.17, 15) is 0 Å². The summed E-state index contributed by atoms with van der Waals surface area (Å²) in [6, 6.07) is 0. The van der Waals surface area contributed by atoms with Crippen LogP contribution in [0.2, 0.25) is 0 Å². The summed E-state index contributed by atoms with van der Waals surface area (Å²) < 4.78 is 0. The summed E-state index contributed by atoms with van der Waals surface area (Å²) in [7, 11) is 0. The summed E-state index contributed by atoms with van der Waals surface area (Å²) in [5.74, 6) is 0. The van der Waals surface area contributed by atoms with E-state index in [1.165, 1.54) is 83.5 Å². The zero-order valence-corrected chi connectivity index (χ0v) is 14.6. The maximum Gasteiger partial charge on any atom is -0.0351 e. The van der Waals surface area contributed by atoms with Gasteiger partial charge in [0.1, 0.15) is 0 Å². The molecule has 1 radical (unpaired) electrons. The van der Waals surface area contributed by atoms with Crippen LogP contribution in [0, 0.1) is 12.3 Å². The van der Waals surface area contributed by atoms with Crippen LogP contribution in [0.15, 0.2) is 12.2 Å². The maximum absolute atomic E-state index is 4.16. The summed E-state index contributed by atoms with van der Waals surface area (Å²) in [4.78, 5) is 0. The second kappa shape index (κ2) is 13.7. The number of hydrogen-bond donors (Lipinski definition) is 0. The van der Waals surface area contributed by atoms with Crippen molar-refractivity contribution in [1.29, 1.82) is 0 Å². The van der Waals surface area contributed by atoms with E-state index in [-0.39, 0.29) is 5.41 Å². The fourth-order valence-corrected chi connectivity index (χ4v) is 2.50. The fraction of sp³-hybridized carbons (Fsp3) is 0.850. The van der Waals surface area contributed by atoms with Gasteiger partial charge in [-0.1, -0.05) is 84.3 Å². The first-order valence-corrected chi connectivity index (χ1v) is 9.06. The van der Waals surface area contributed by atoms with E-state index in [1.807, 2.05) is 0 Å². The van der Waals surface area contributed by atoms with E-state index < -0.39 is 0 Å². The minimum atomic E-state index is 0.275. The van der Waals surface area contributed by atoms with Crippen molar-refractivity contribution in [2.24, 2.45) is 5.41 Å². The lowest BCUT2D eigenvalue weighted by Crippen LogP contribution is -2.04. The molecule has 0 nitrogen and oxygen atoms in total. The van der Waals surface area contributed by atoms with Crippen molar-refractivity contribution in [2.45, 2.75) is 104 Å². The molecular formula is C20H39. The van der Waals surface area contributed by atoms with Crippen molar-refractivity contribution in [3.05, 3.63) is 19.1 Å². The van der Waals surface area contributed by atoms with Crippen molar-refractivity contribution in [3.63, 3.8) is 0 Å². The smallest absolute Gasteiger partial charge is 0.0351 e. The molecule has 0 unspecified atom stereocenters. The predicted octanol–water partition coefficient (Wildman–Crippen LogP) is 7.49. The topological polar surface area (TPSA) is 0 Å². The lowest BCUT2D eigenvalue weighted by Gasteiger charge is -2.17. The molecule has 0 N–H and O–H groups in total. The molecule has 0 saturated heterocycles. The van der Waals surface area contributed by atoms with Crippen molar-refractivity contribution < 1.29 is 0 Å². The zero-order valence-electron chi connectivity index (χ0n) is 14.6. The summed E-state index contributed by atoms with van der Waals surface area (Å²) in [6.07, 6.45) is 22.6. The molecule has 0 aliphatic rings. The summed E-state index contributed by atoms with van der Waals surface area (Å²) in [6.45, 7) is 10.9. The molecule has 0 atom stereocenters. The Kier molecular flexibility index (Phi) is 13.5. The van der Waals surface area contributed by atoms with Crippen LogP contribution in [-0.2, 0) is 0 Å². The molecule has 0 amide bonds. The van der Waals surface area contributed by atoms with Gasteiger partial charge in [-0.05, 0) is 44.4 Å². The third kappa shape index (κ3) is 17.7. The highest BCUT2D eigenvalue weighted by Crippen LogP contribution is 2.22. The number of rotatable bonds is 14. The van der Waals surface area contributed by atoms with Crippen LogP contribution in [0.1, 0.15) is 104 Å². The molecular weight excluding hydrogens is 240 g/mol. The first kappa shape index (κ1) is 19.7. The van der Waals surface area contributed by atoms with E-state index in [4.69, 9.17) is 0 Å². The Bertz CT molecular complexity index is 207. The first-order chi connectivity index (χ1) is 9.56. The number of allylic oxidation sites excluding steroid dienone is 2. The van der Waals surface area contributed by atoms with Gasteiger partial charge in [0.15, 0.2) is 0 Å². The second-order valence-corrected chi connectivity index (χ2v) is 7.14. The minimum Gasteiger partial charge on any atom is -0.0885 e. The molecule has 0 heteroatoms. The third-order valence-corrected chi connectivity index (χ3v) is 3.87. The molecule has 0 aliphatic carbocycles. The maximum atomic E-state index is 4.16. The molecule has 0 aromatic carbocycles. The van der Waals surface area contributed by atoms with Crippen LogP contribution in [0.4, 0.5) is 0 Å². The van der Waals surface area contributed by atoms with E-state index in [1.54, 1.807) is 0 Å². The molecule has 119 valence electrons. The monoisotopic (exact) mass is 279 g/mol. The largest absolute Gasteiger partial charge is 0.0885 e. The Morgan fingerprint density at radius 2 is 1.15 bits per heavy atom. The fourth-order valence-electron chi connectivity index (χ4n) is 2.50. The van der Waals surface area contributed by atoms with Crippen molar-refractivity contribution >= 4 is 0 Å². The Morgan fingerprint density at radius 1 is 0.700 bits per heavy atom. The molecule has 0 saturated carbocycles. The highest BCUT2D eigenvalue weighted by Gasteiger charge is 2.08. The molecule has 0 aromatic rings. The van der Waals surface area contributed by atoms with Crippen molar-refractivity contribution in [1.82, 2.24) is 0 Å². The van der Waals surface area contributed by atoms with Crippen LogP contribution in [0.25, 0.3) is 0 Å². The van der Waals surface area contributed by atoms with Gasteiger partial charge in [0.05, 0.1) is 0 Å². The summed E-state index contributed by atoms with van der Waals surface area (Å²) in [5, 5.41) is 0. The minimum absolute atomic E-state index is 0.275. The van der Waals surface area contributed by atoms with Crippen molar-refractivity contribution in [2.75, 3.05) is 0 Å². The van der Waals surface area contributed by atoms with Gasteiger partial charge in [-0.25, -0.2) is 0 Å². The molecule has 20 heavy (non-hydrogen) atoms. The SMILES string of the molecule is [CH2]C(C)(C)CCCCCC/C=C/CCCCCCCC. The highest BCUT2D eigenvalue weighted by atomic mass is 14.1. The van der Waals surface area contributed by atoms with Gasteiger partial charge < -0.3 is 0 Å². The van der Waals surface area contributed by atoms with Gasteiger partial charge >= 0.3 is 0 Å². The average molecular weight is 280 g/mol. The van der Waals surface area contributed by atoms with E-state index in [2.05, 4.69) is 39.8 Å². The molecule has 0 heterocycles. The predicted molar refractivity (Wildman–Crippen MR) is 94.0 cm³/mol. The van der Waals surface area contributed by atoms with Gasteiger partial charge in [-0.2, -0.15) is 0 Å². The standard InChI is InChI=1S/C20H39/c1-5-6-7-8-9-10-11-12-13-14-15-16-17-18-19-20(2,3)4/h12-13H,2,5-11,14-19H2,1,3-4H3/b13-12+. The zero-order chi connectivity index (χ0) is 15.1. The summed E-state index contributed by atoms with van der Waals surface area (Å²) >= 11 is 0. The van der Waals surface area contributed by atoms with Gasteiger partial charge in [-0.15, -0.1) is 0 Å². The normalized spacial score (nSPS) is 12.4. The van der Waals surface area contributed by atoms with Crippen LogP contribution in [-0.4, -0.2) is 0 Å². The third-order valence-electron chi connectivity index (χ3n) is 3.87. The second-order valence-electron chi connectivity index (χ2n) is 7.14. The van der Waals surface area contributed by atoms with Gasteiger partial charge in [0.2, 0.25) is 0 Å². The summed E-state index contributed by atoms with van der Waals surface area (Å²) in [5.41, 5.74) is 0.275. The molecule has 0 bridgehead atoms. The highest BCUT2D eigenvalue weighted by molar-refractivity contribution is 4.81. The number of hydrogen-bond acceptors (Lipinski definition) is 0. The van der Waals surface area contributed by atoms with E-state index >= 15 is 0 Å². The average Bonchev–Trinajstić information content (AvgIpc) is 2.38. The Hall–Kier alpha value is -0.260. The van der Waals surface area contributed by atoms with Crippen LogP contribution >= 0.6 is 0 Å². The van der Waals surface area contributed by atoms with Gasteiger partial charge in [-0.3, -0.25) is 0 Å². The first-order valence-electron chi connectivity index (χ1n) is 9.06. The quantitative estimate of drug-likeness (QED) is 0.228.